The Bertz CT molecular complexity index is 444. The average molecular weight is 229 g/mol. The Morgan fingerprint density at radius 1 is 1.47 bits per heavy atom. The third kappa shape index (κ3) is 4.52. The van der Waals surface area contributed by atoms with Crippen LogP contribution >= 0.6 is 0 Å². The number of nitriles is 1. The number of nitrogens with zero attached hydrogens (tertiary/aromatic N) is 1. The fourth-order valence-electron chi connectivity index (χ4n) is 1.27. The molecule has 3 heteroatoms. The Hall–Kier alpha value is -2.08. The van der Waals surface area contributed by atoms with Crippen molar-refractivity contribution in [2.75, 3.05) is 6.61 Å². The minimum Gasteiger partial charge on any atom is -0.463 e. The molecule has 0 unspecified atom stereocenters. The highest BCUT2D eigenvalue weighted by Gasteiger charge is 1.99. The second-order valence-corrected chi connectivity index (χ2v) is 3.55. The van der Waals surface area contributed by atoms with Crippen LogP contribution in [0, 0.1) is 11.3 Å². The highest BCUT2D eigenvalue weighted by molar-refractivity contribution is 5.87. The summed E-state index contributed by atoms with van der Waals surface area (Å²) >= 11 is 0. The van der Waals surface area contributed by atoms with Crippen molar-refractivity contribution in [3.8, 4) is 6.07 Å². The first-order chi connectivity index (χ1) is 8.27. The number of unbranched alkanes of at least 4 members (excludes halogenated alkanes) is 1. The van der Waals surface area contributed by atoms with E-state index in [9.17, 15) is 4.79 Å². The quantitative estimate of drug-likeness (QED) is 0.443. The summed E-state index contributed by atoms with van der Waals surface area (Å²) in [6, 6.07) is 9.17. The van der Waals surface area contributed by atoms with Crippen molar-refractivity contribution in [3.05, 3.63) is 41.5 Å². The normalized spacial score (nSPS) is 10.1. The molecule has 0 saturated carbocycles. The summed E-state index contributed by atoms with van der Waals surface area (Å²) in [5, 5.41) is 8.86. The third-order valence-corrected chi connectivity index (χ3v) is 2.22. The van der Waals surface area contributed by atoms with Crippen molar-refractivity contribution in [3.63, 3.8) is 0 Å². The maximum atomic E-state index is 11.3. The minimum absolute atomic E-state index is 0.369. The zero-order valence-electron chi connectivity index (χ0n) is 9.85. The van der Waals surface area contributed by atoms with Crippen molar-refractivity contribution in [1.29, 1.82) is 5.26 Å². The molecule has 17 heavy (non-hydrogen) atoms. The van der Waals surface area contributed by atoms with E-state index in [1.807, 2.05) is 13.0 Å². The summed E-state index contributed by atoms with van der Waals surface area (Å²) < 4.78 is 4.97. The van der Waals surface area contributed by atoms with Crippen LogP contribution in [-0.2, 0) is 9.53 Å². The van der Waals surface area contributed by atoms with Crippen molar-refractivity contribution >= 4 is 12.0 Å². The van der Waals surface area contributed by atoms with Crippen LogP contribution in [0.25, 0.3) is 6.08 Å². The smallest absolute Gasteiger partial charge is 0.330 e. The summed E-state index contributed by atoms with van der Waals surface area (Å²) in [7, 11) is 0. The number of carbonyl (C=O) groups is 1. The zero-order valence-corrected chi connectivity index (χ0v) is 9.85. The Kier molecular flexibility index (Phi) is 5.53. The van der Waals surface area contributed by atoms with Gasteiger partial charge in [-0.1, -0.05) is 31.5 Å². The van der Waals surface area contributed by atoms with Crippen LogP contribution in [0.3, 0.4) is 0 Å². The predicted molar refractivity (Wildman–Crippen MR) is 66.1 cm³/mol. The first-order valence-electron chi connectivity index (χ1n) is 5.62. The van der Waals surface area contributed by atoms with Gasteiger partial charge in [-0.25, -0.2) is 4.79 Å². The summed E-state index contributed by atoms with van der Waals surface area (Å²) in [4.78, 5) is 11.3. The van der Waals surface area contributed by atoms with E-state index in [1.165, 1.54) is 6.08 Å². The van der Waals surface area contributed by atoms with Gasteiger partial charge in [0, 0.05) is 6.08 Å². The standard InChI is InChI=1S/C14H15NO2/c1-2-3-10-17-14(16)9-8-12-6-4-5-7-13(12)11-15/h4-9H,2-3,10H2,1H3/b9-8+. The van der Waals surface area contributed by atoms with Crippen LogP contribution in [0.2, 0.25) is 0 Å². The highest BCUT2D eigenvalue weighted by Crippen LogP contribution is 2.09. The third-order valence-electron chi connectivity index (χ3n) is 2.22. The van der Waals surface area contributed by atoms with Gasteiger partial charge in [0.05, 0.1) is 18.2 Å². The van der Waals surface area contributed by atoms with E-state index < -0.39 is 0 Å². The molecule has 1 aromatic rings. The fraction of sp³-hybridized carbons (Fsp3) is 0.286. The van der Waals surface area contributed by atoms with Gasteiger partial charge in [-0.3, -0.25) is 0 Å². The molecule has 0 aliphatic carbocycles. The number of ether oxygens (including phenoxy) is 1. The molecule has 0 aromatic heterocycles. The van der Waals surface area contributed by atoms with Crippen LogP contribution in [0.4, 0.5) is 0 Å². The number of carbonyl (C=O) groups excluding carboxylic acids is 1. The molecule has 0 N–H and O–H groups in total. The van der Waals surface area contributed by atoms with Gasteiger partial charge in [-0.2, -0.15) is 5.26 Å². The van der Waals surface area contributed by atoms with Gasteiger partial charge in [-0.05, 0) is 24.1 Å². The van der Waals surface area contributed by atoms with E-state index in [2.05, 4.69) is 6.07 Å². The molecule has 0 atom stereocenters. The molecule has 0 aliphatic heterocycles. The van der Waals surface area contributed by atoms with Gasteiger partial charge in [0.2, 0.25) is 0 Å². The summed E-state index contributed by atoms with van der Waals surface area (Å²) in [5.41, 5.74) is 1.27. The molecule has 0 saturated heterocycles. The summed E-state index contributed by atoms with van der Waals surface area (Å²) in [6.45, 7) is 2.48. The van der Waals surface area contributed by atoms with E-state index in [0.29, 0.717) is 12.2 Å². The Morgan fingerprint density at radius 2 is 2.24 bits per heavy atom. The average Bonchev–Trinajstić information content (AvgIpc) is 2.37. The maximum absolute atomic E-state index is 11.3. The number of hydrogen-bond acceptors (Lipinski definition) is 3. The Labute approximate surface area is 101 Å². The van der Waals surface area contributed by atoms with E-state index in [1.54, 1.807) is 24.3 Å². The first-order valence-corrected chi connectivity index (χ1v) is 5.62. The molecule has 0 radical (unpaired) electrons. The molecule has 0 spiro atoms. The molecule has 1 aromatic carbocycles. The number of esters is 1. The number of hydrogen-bond donors (Lipinski definition) is 0. The molecule has 1 rings (SSSR count). The molecule has 0 amide bonds. The van der Waals surface area contributed by atoms with Crippen LogP contribution < -0.4 is 0 Å². The van der Waals surface area contributed by atoms with Gasteiger partial charge >= 0.3 is 5.97 Å². The molecule has 0 bridgehead atoms. The summed E-state index contributed by atoms with van der Waals surface area (Å²) in [6.07, 6.45) is 4.82. The zero-order chi connectivity index (χ0) is 12.5. The first kappa shape index (κ1) is 13.0. The lowest BCUT2D eigenvalue weighted by molar-refractivity contribution is -0.137. The number of rotatable bonds is 5. The minimum atomic E-state index is -0.369. The molecular weight excluding hydrogens is 214 g/mol. The van der Waals surface area contributed by atoms with Crippen molar-refractivity contribution in [2.45, 2.75) is 19.8 Å². The molecule has 0 fully saturated rings. The van der Waals surface area contributed by atoms with Gasteiger partial charge in [-0.15, -0.1) is 0 Å². The van der Waals surface area contributed by atoms with Crippen LogP contribution in [0.1, 0.15) is 30.9 Å². The maximum Gasteiger partial charge on any atom is 0.330 e. The lowest BCUT2D eigenvalue weighted by Gasteiger charge is -1.99. The lowest BCUT2D eigenvalue weighted by atomic mass is 10.1. The van der Waals surface area contributed by atoms with E-state index in [4.69, 9.17) is 10.00 Å². The summed E-state index contributed by atoms with van der Waals surface area (Å²) in [5.74, 6) is -0.369. The van der Waals surface area contributed by atoms with Crippen molar-refractivity contribution < 1.29 is 9.53 Å². The van der Waals surface area contributed by atoms with Crippen molar-refractivity contribution in [1.82, 2.24) is 0 Å². The monoisotopic (exact) mass is 229 g/mol. The number of benzene rings is 1. The van der Waals surface area contributed by atoms with Crippen molar-refractivity contribution in [2.24, 2.45) is 0 Å². The van der Waals surface area contributed by atoms with E-state index in [-0.39, 0.29) is 5.97 Å². The van der Waals surface area contributed by atoms with Gasteiger partial charge in [0.1, 0.15) is 0 Å². The second-order valence-electron chi connectivity index (χ2n) is 3.55. The van der Waals surface area contributed by atoms with Crippen LogP contribution in [0.5, 0.6) is 0 Å². The predicted octanol–water partition coefficient (Wildman–Crippen LogP) is 2.91. The lowest BCUT2D eigenvalue weighted by Crippen LogP contribution is -2.01. The second kappa shape index (κ2) is 7.24. The molecule has 3 nitrogen and oxygen atoms in total. The molecule has 0 aliphatic rings. The topological polar surface area (TPSA) is 50.1 Å². The van der Waals surface area contributed by atoms with E-state index in [0.717, 1.165) is 18.4 Å². The molecule has 0 heterocycles. The SMILES string of the molecule is CCCCOC(=O)/C=C/c1ccccc1C#N. The Balaban J connectivity index is 2.58. The van der Waals surface area contributed by atoms with Gasteiger partial charge in [0.15, 0.2) is 0 Å². The van der Waals surface area contributed by atoms with Gasteiger partial charge < -0.3 is 4.74 Å². The highest BCUT2D eigenvalue weighted by atomic mass is 16.5. The molecule has 88 valence electrons. The van der Waals surface area contributed by atoms with E-state index >= 15 is 0 Å². The van der Waals surface area contributed by atoms with Crippen LogP contribution in [0.15, 0.2) is 30.3 Å². The molecular formula is C14H15NO2. The van der Waals surface area contributed by atoms with Gasteiger partial charge in [0.25, 0.3) is 0 Å². The Morgan fingerprint density at radius 3 is 2.94 bits per heavy atom. The van der Waals surface area contributed by atoms with Crippen LogP contribution in [-0.4, -0.2) is 12.6 Å². The largest absolute Gasteiger partial charge is 0.463 e. The fourth-order valence-corrected chi connectivity index (χ4v) is 1.27.